The van der Waals surface area contributed by atoms with Crippen LogP contribution in [0.1, 0.15) is 11.1 Å². The molecule has 0 saturated heterocycles. The Morgan fingerprint density at radius 2 is 1.50 bits per heavy atom. The van der Waals surface area contributed by atoms with Crippen molar-refractivity contribution in [2.75, 3.05) is 0 Å². The van der Waals surface area contributed by atoms with Crippen molar-refractivity contribution in [3.63, 3.8) is 0 Å². The Morgan fingerprint density at radius 1 is 0.929 bits per heavy atom. The normalized spacial score (nSPS) is 13.0. The maximum atomic E-state index is 3.35. The summed E-state index contributed by atoms with van der Waals surface area (Å²) in [5.74, 6) is 0. The summed E-state index contributed by atoms with van der Waals surface area (Å²) in [6, 6.07) is 9.57. The van der Waals surface area contributed by atoms with Gasteiger partial charge in [0.2, 0.25) is 0 Å². The zero-order valence-electron chi connectivity index (χ0n) is 6.50. The largest absolute Gasteiger partial charge is 0.150 e. The molecule has 1 aromatic rings. The summed E-state index contributed by atoms with van der Waals surface area (Å²) in [6.07, 6.45) is 0. The van der Waals surface area contributed by atoms with E-state index in [0.717, 1.165) is 0 Å². The van der Waals surface area contributed by atoms with Crippen LogP contribution in [0.3, 0.4) is 0 Å². The fourth-order valence-electron chi connectivity index (χ4n) is 0.908. The molecule has 0 spiro atoms. The van der Waals surface area contributed by atoms with Crippen molar-refractivity contribution in [3.8, 4) is 0 Å². The number of halogens is 6. The second-order valence-electron chi connectivity index (χ2n) is 2.45. The highest BCUT2D eigenvalue weighted by molar-refractivity contribution is 14.3. The lowest BCUT2D eigenvalue weighted by Gasteiger charge is -2.22. The summed E-state index contributed by atoms with van der Waals surface area (Å²) < 4.78 is 0.184. The fraction of sp³-hybridized carbons (Fsp3) is 0.250. The molecule has 0 aromatic heterocycles. The molecule has 0 bridgehead atoms. The van der Waals surface area contributed by atoms with Gasteiger partial charge in [0.15, 0.2) is 0 Å². The minimum Gasteiger partial charge on any atom is -0.0612 e. The molecule has 0 fully saturated rings. The van der Waals surface area contributed by atoms with Gasteiger partial charge in [-0.25, -0.2) is 0 Å². The number of rotatable bonds is 2. The highest BCUT2D eigenvalue weighted by Crippen LogP contribution is 2.54. The van der Waals surface area contributed by atoms with E-state index in [0.29, 0.717) is 0 Å². The van der Waals surface area contributed by atoms with Gasteiger partial charge in [-0.1, -0.05) is 18.2 Å². The van der Waals surface area contributed by atoms with Crippen molar-refractivity contribution in [1.82, 2.24) is 0 Å². The van der Waals surface area contributed by atoms with E-state index in [1.54, 1.807) is 0 Å². The third kappa shape index (κ3) is 4.70. The zero-order chi connectivity index (χ0) is 11.0. The lowest BCUT2D eigenvalue weighted by molar-refractivity contribution is 1.29. The van der Waals surface area contributed by atoms with Crippen LogP contribution < -0.4 is 0 Å². The smallest absolute Gasteiger partial charge is 0.0612 e. The monoisotopic (exact) mass is 860 g/mol. The minimum atomic E-state index is 0.0800. The Bertz CT molecular complexity index is 288. The van der Waals surface area contributed by atoms with E-state index in [4.69, 9.17) is 0 Å². The first-order chi connectivity index (χ1) is 6.23. The first kappa shape index (κ1) is 15.7. The van der Waals surface area contributed by atoms with Crippen molar-refractivity contribution >= 4 is 136 Å². The van der Waals surface area contributed by atoms with Gasteiger partial charge in [0.1, 0.15) is -1.13 Å². The maximum Gasteiger partial charge on any atom is 0.150 e. The van der Waals surface area contributed by atoms with E-state index in [1.807, 2.05) is 6.07 Å². The summed E-state index contributed by atoms with van der Waals surface area (Å²) >= 11 is 14.7. The molecular formula is C8H3I6. The fourth-order valence-corrected chi connectivity index (χ4v) is 3.59. The summed E-state index contributed by atoms with van der Waals surface area (Å²) in [6.45, 7) is 0. The number of hydrogen-bond acceptors (Lipinski definition) is 0. The van der Waals surface area contributed by atoms with E-state index in [2.05, 4.69) is 154 Å². The van der Waals surface area contributed by atoms with Gasteiger partial charge in [0.25, 0.3) is 0 Å². The molecule has 0 saturated carbocycles. The molecule has 77 valence electrons. The van der Waals surface area contributed by atoms with E-state index in [1.165, 1.54) is 11.1 Å². The third-order valence-corrected chi connectivity index (χ3v) is 4.81. The van der Waals surface area contributed by atoms with Crippen LogP contribution in [-0.2, 0) is -1.13 Å². The topological polar surface area (TPSA) is 0 Å². The average Bonchev–Trinajstić information content (AvgIpc) is 2.01. The standard InChI is InChI=1S/C8H3I6/c9-7(10,11)5-3-1-2-4-6(5)8(12,13)14/h1-3H. The van der Waals surface area contributed by atoms with Crippen LogP contribution in [0.5, 0.6) is 0 Å². The number of alkyl halides is 6. The Labute approximate surface area is 166 Å². The molecule has 0 unspecified atom stereocenters. The molecule has 0 aliphatic carbocycles. The molecule has 0 aliphatic heterocycles. The Kier molecular flexibility index (Phi) is 6.89. The van der Waals surface area contributed by atoms with Crippen LogP contribution in [0, 0.1) is 6.07 Å². The second kappa shape index (κ2) is 6.16. The molecule has 14 heavy (non-hydrogen) atoms. The third-order valence-electron chi connectivity index (χ3n) is 1.44. The molecule has 0 nitrogen and oxygen atoms in total. The summed E-state index contributed by atoms with van der Waals surface area (Å²) in [5.41, 5.74) is 2.63. The van der Waals surface area contributed by atoms with E-state index in [-0.39, 0.29) is -1.13 Å². The molecule has 0 aliphatic rings. The second-order valence-corrected chi connectivity index (χ2v) is 24.5. The summed E-state index contributed by atoms with van der Waals surface area (Å²) in [4.78, 5) is 0. The van der Waals surface area contributed by atoms with Gasteiger partial charge in [-0.3, -0.25) is 0 Å². The molecule has 1 rings (SSSR count). The van der Waals surface area contributed by atoms with Crippen LogP contribution in [0.4, 0.5) is 0 Å². The van der Waals surface area contributed by atoms with Gasteiger partial charge in [-0.2, -0.15) is 0 Å². The zero-order valence-corrected chi connectivity index (χ0v) is 19.4. The highest BCUT2D eigenvalue weighted by atomic mass is 127. The van der Waals surface area contributed by atoms with Crippen molar-refractivity contribution < 1.29 is 0 Å². The van der Waals surface area contributed by atoms with Crippen molar-refractivity contribution in [3.05, 3.63) is 35.4 Å². The number of benzene rings is 1. The Balaban J connectivity index is 3.31. The molecule has 0 amide bonds. The summed E-state index contributed by atoms with van der Waals surface area (Å²) in [5, 5.41) is 0. The molecule has 0 heterocycles. The van der Waals surface area contributed by atoms with Gasteiger partial charge in [-0.05, 0) is 147 Å². The predicted molar refractivity (Wildman–Crippen MR) is 113 cm³/mol. The van der Waals surface area contributed by atoms with Gasteiger partial charge < -0.3 is 0 Å². The number of hydrogen-bond donors (Lipinski definition) is 0. The SMILES string of the molecule is IC(I)(I)c1[c]cccc1C(I)(I)I. The van der Waals surface area contributed by atoms with E-state index >= 15 is 0 Å². The van der Waals surface area contributed by atoms with Gasteiger partial charge >= 0.3 is 0 Å². The van der Waals surface area contributed by atoms with Crippen LogP contribution in [-0.4, -0.2) is 0 Å². The average molecular weight is 861 g/mol. The summed E-state index contributed by atoms with van der Waals surface area (Å²) in [7, 11) is 0. The first-order valence-electron chi connectivity index (χ1n) is 3.38. The van der Waals surface area contributed by atoms with E-state index in [9.17, 15) is 0 Å². The Hall–Kier alpha value is 3.60. The van der Waals surface area contributed by atoms with Gasteiger partial charge in [-0.15, -0.1) is 0 Å². The first-order valence-corrected chi connectivity index (χ1v) is 9.85. The Morgan fingerprint density at radius 3 is 1.86 bits per heavy atom. The molecule has 6 heteroatoms. The van der Waals surface area contributed by atoms with Gasteiger partial charge in [0, 0.05) is 5.56 Å². The van der Waals surface area contributed by atoms with Crippen LogP contribution in [0.15, 0.2) is 18.2 Å². The van der Waals surface area contributed by atoms with Crippen molar-refractivity contribution in [2.24, 2.45) is 0 Å². The molecular weight excluding hydrogens is 858 g/mol. The lowest BCUT2D eigenvalue weighted by Crippen LogP contribution is -2.08. The molecule has 0 N–H and O–H groups in total. The van der Waals surface area contributed by atoms with Crippen molar-refractivity contribution in [1.29, 1.82) is 0 Å². The quantitative estimate of drug-likeness (QED) is 0.242. The molecule has 1 radical (unpaired) electrons. The lowest BCUT2D eigenvalue weighted by atomic mass is 10.1. The minimum absolute atomic E-state index is 0.0800. The van der Waals surface area contributed by atoms with Crippen LogP contribution >= 0.6 is 136 Å². The van der Waals surface area contributed by atoms with Crippen molar-refractivity contribution in [2.45, 2.75) is -1.13 Å². The molecule has 1 aromatic carbocycles. The van der Waals surface area contributed by atoms with Gasteiger partial charge in [0.05, 0.1) is 0 Å². The predicted octanol–water partition coefficient (Wildman–Crippen LogP) is 6.32. The van der Waals surface area contributed by atoms with E-state index < -0.39 is 0 Å². The maximum absolute atomic E-state index is 3.35. The highest BCUT2D eigenvalue weighted by Gasteiger charge is 2.31. The molecule has 0 atom stereocenters. The van der Waals surface area contributed by atoms with Crippen LogP contribution in [0.2, 0.25) is 0 Å². The van der Waals surface area contributed by atoms with Crippen LogP contribution in [0.25, 0.3) is 0 Å².